The average Bonchev–Trinajstić information content (AvgIpc) is 2.71. The van der Waals surface area contributed by atoms with Crippen molar-refractivity contribution >= 4 is 36.4 Å². The molecule has 0 aliphatic carbocycles. The number of carboxylic acids is 3. The van der Waals surface area contributed by atoms with Crippen LogP contribution in [0.4, 0.5) is 0 Å². The second-order valence-corrected chi connectivity index (χ2v) is 7.29. The Morgan fingerprint density at radius 1 is 0.862 bits per heavy atom. The van der Waals surface area contributed by atoms with Gasteiger partial charge in [0.2, 0.25) is 5.91 Å². The van der Waals surface area contributed by atoms with Gasteiger partial charge in [0.1, 0.15) is 6.04 Å². The molecule has 29 heavy (non-hydrogen) atoms. The lowest BCUT2D eigenvalue weighted by molar-refractivity contribution is -0.144. The quantitative estimate of drug-likeness (QED) is 0.239. The Morgan fingerprint density at radius 3 is 1.76 bits per heavy atom. The average molecular weight is 435 g/mol. The maximum Gasteiger partial charge on any atom is 0.320 e. The predicted molar refractivity (Wildman–Crippen MR) is 107 cm³/mol. The molecule has 1 saturated heterocycles. The fourth-order valence-electron chi connectivity index (χ4n) is 3.18. The Hall–Kier alpha value is -1.89. The topological polar surface area (TPSA) is 151 Å². The molecule has 166 valence electrons. The Bertz CT molecular complexity index is 550. The molecule has 1 fully saturated rings. The van der Waals surface area contributed by atoms with E-state index in [0.29, 0.717) is 51.6 Å². The van der Waals surface area contributed by atoms with Crippen LogP contribution in [0.1, 0.15) is 12.8 Å². The third-order valence-corrected chi connectivity index (χ3v) is 4.89. The Balaban J connectivity index is 2.85. The Kier molecular flexibility index (Phi) is 11.6. The maximum atomic E-state index is 11.8. The molecule has 11 nitrogen and oxygen atoms in total. The van der Waals surface area contributed by atoms with E-state index >= 15 is 0 Å². The molecule has 0 saturated carbocycles. The first-order valence-electron chi connectivity index (χ1n) is 9.45. The lowest BCUT2D eigenvalue weighted by Crippen LogP contribution is -2.47. The van der Waals surface area contributed by atoms with Gasteiger partial charge >= 0.3 is 17.9 Å². The van der Waals surface area contributed by atoms with Gasteiger partial charge in [0.15, 0.2) is 0 Å². The van der Waals surface area contributed by atoms with Crippen molar-refractivity contribution in [2.75, 3.05) is 64.7 Å². The van der Waals surface area contributed by atoms with Crippen LogP contribution in [0.3, 0.4) is 0 Å². The fourth-order valence-corrected chi connectivity index (χ4v) is 3.29. The number of aliphatic carboxylic acids is 3. The molecule has 0 aromatic heterocycles. The minimum atomic E-state index is -1.07. The molecule has 1 aliphatic rings. The fraction of sp³-hybridized carbons (Fsp3) is 0.765. The van der Waals surface area contributed by atoms with Crippen molar-refractivity contribution in [2.24, 2.45) is 0 Å². The molecule has 12 heteroatoms. The summed E-state index contributed by atoms with van der Waals surface area (Å²) in [5, 5.41) is 30.5. The molecule has 1 heterocycles. The molecule has 1 rings (SSSR count). The second-order valence-electron chi connectivity index (χ2n) is 6.84. The molecule has 0 radical (unpaired) electrons. The summed E-state index contributed by atoms with van der Waals surface area (Å²) >= 11 is 4.01. The van der Waals surface area contributed by atoms with Crippen LogP contribution in [0.2, 0.25) is 0 Å². The summed E-state index contributed by atoms with van der Waals surface area (Å²) < 4.78 is 0. The number of carbonyl (C=O) groups is 4. The molecule has 0 unspecified atom stereocenters. The van der Waals surface area contributed by atoms with E-state index < -0.39 is 23.9 Å². The summed E-state index contributed by atoms with van der Waals surface area (Å²) in [7, 11) is 0. The smallest absolute Gasteiger partial charge is 0.320 e. The van der Waals surface area contributed by atoms with Crippen LogP contribution in [-0.4, -0.2) is 125 Å². The third kappa shape index (κ3) is 10.5. The summed E-state index contributed by atoms with van der Waals surface area (Å²) in [6.45, 7) is 2.02. The number of amides is 1. The molecular formula is C17H30N4O7S. The molecule has 0 aromatic carbocycles. The molecule has 0 aromatic rings. The monoisotopic (exact) mass is 434 g/mol. The molecular weight excluding hydrogens is 404 g/mol. The predicted octanol–water partition coefficient (Wildman–Crippen LogP) is -1.65. The minimum Gasteiger partial charge on any atom is -0.480 e. The maximum absolute atomic E-state index is 11.8. The molecule has 4 N–H and O–H groups in total. The van der Waals surface area contributed by atoms with E-state index in [4.69, 9.17) is 10.2 Å². The van der Waals surface area contributed by atoms with E-state index in [9.17, 15) is 24.3 Å². The SMILES string of the molecule is O=C(O)CN1CCN(CC(=O)O)CCN([C@@H](CCC(=O)NCCS)C(=O)O)CC1. The molecule has 0 spiro atoms. The van der Waals surface area contributed by atoms with Gasteiger partial charge in [0.05, 0.1) is 13.1 Å². The largest absolute Gasteiger partial charge is 0.480 e. The van der Waals surface area contributed by atoms with Crippen LogP contribution in [0, 0.1) is 0 Å². The van der Waals surface area contributed by atoms with Gasteiger partial charge in [-0.25, -0.2) is 0 Å². The highest BCUT2D eigenvalue weighted by atomic mass is 32.1. The van der Waals surface area contributed by atoms with Gasteiger partial charge in [-0.1, -0.05) is 0 Å². The van der Waals surface area contributed by atoms with Crippen LogP contribution in [0.15, 0.2) is 0 Å². The molecule has 1 aliphatic heterocycles. The highest BCUT2D eigenvalue weighted by molar-refractivity contribution is 7.80. The summed E-state index contributed by atoms with van der Waals surface area (Å²) in [4.78, 5) is 50.8. The lowest BCUT2D eigenvalue weighted by atomic mass is 10.1. The highest BCUT2D eigenvalue weighted by Gasteiger charge is 2.28. The lowest BCUT2D eigenvalue weighted by Gasteiger charge is -2.30. The first-order chi connectivity index (χ1) is 13.7. The van der Waals surface area contributed by atoms with Crippen molar-refractivity contribution in [2.45, 2.75) is 18.9 Å². The minimum absolute atomic E-state index is 0.0406. The molecule has 1 atom stereocenters. The van der Waals surface area contributed by atoms with E-state index in [0.717, 1.165) is 0 Å². The number of carboxylic acid groups (broad SMARTS) is 3. The first-order valence-corrected chi connectivity index (χ1v) is 10.1. The van der Waals surface area contributed by atoms with Crippen molar-refractivity contribution in [3.05, 3.63) is 0 Å². The standard InChI is InChI=1S/C17H30N4O7S/c22-14(18-3-10-29)2-1-13(17(27)28)21-8-6-19(11-15(23)24)4-5-20(7-9-21)12-16(25)26/h13,29H,1-12H2,(H,18,22)(H,23,24)(H,25,26)(H,27,28)/t13-/m0/s1. The van der Waals surface area contributed by atoms with Gasteiger partial charge in [0, 0.05) is 58.0 Å². The zero-order valence-corrected chi connectivity index (χ0v) is 17.2. The van der Waals surface area contributed by atoms with Gasteiger partial charge in [0.25, 0.3) is 0 Å². The van der Waals surface area contributed by atoms with E-state index in [2.05, 4.69) is 17.9 Å². The summed E-state index contributed by atoms with van der Waals surface area (Å²) in [5.41, 5.74) is 0. The number of hydrogen-bond acceptors (Lipinski definition) is 8. The number of carbonyl (C=O) groups excluding carboxylic acids is 1. The van der Waals surface area contributed by atoms with Crippen LogP contribution in [0.25, 0.3) is 0 Å². The summed E-state index contributed by atoms with van der Waals surface area (Å²) in [6, 6.07) is -0.923. The summed E-state index contributed by atoms with van der Waals surface area (Å²) in [6.07, 6.45) is 0.143. The number of thiol groups is 1. The Labute approximate surface area is 175 Å². The Morgan fingerprint density at radius 2 is 1.34 bits per heavy atom. The van der Waals surface area contributed by atoms with Gasteiger partial charge in [-0.3, -0.25) is 33.9 Å². The zero-order chi connectivity index (χ0) is 21.8. The van der Waals surface area contributed by atoms with E-state index in [1.807, 2.05) is 0 Å². The number of hydrogen-bond donors (Lipinski definition) is 5. The normalized spacial score (nSPS) is 18.2. The summed E-state index contributed by atoms with van der Waals surface area (Å²) in [5.74, 6) is -2.85. The molecule has 1 amide bonds. The van der Waals surface area contributed by atoms with Crippen LogP contribution >= 0.6 is 12.6 Å². The molecule has 0 bridgehead atoms. The van der Waals surface area contributed by atoms with E-state index in [1.165, 1.54) is 0 Å². The van der Waals surface area contributed by atoms with Crippen molar-refractivity contribution in [1.29, 1.82) is 0 Å². The van der Waals surface area contributed by atoms with Crippen molar-refractivity contribution in [3.8, 4) is 0 Å². The van der Waals surface area contributed by atoms with Gasteiger partial charge in [-0.05, 0) is 6.42 Å². The third-order valence-electron chi connectivity index (χ3n) is 4.66. The number of rotatable bonds is 11. The number of nitrogens with one attached hydrogen (secondary N) is 1. The first kappa shape index (κ1) is 25.1. The van der Waals surface area contributed by atoms with Gasteiger partial charge < -0.3 is 20.6 Å². The second kappa shape index (κ2) is 13.4. The van der Waals surface area contributed by atoms with E-state index in [1.54, 1.807) is 14.7 Å². The van der Waals surface area contributed by atoms with Crippen LogP contribution in [0.5, 0.6) is 0 Å². The van der Waals surface area contributed by atoms with Crippen LogP contribution < -0.4 is 5.32 Å². The highest BCUT2D eigenvalue weighted by Crippen LogP contribution is 2.11. The van der Waals surface area contributed by atoms with Crippen molar-refractivity contribution in [1.82, 2.24) is 20.0 Å². The van der Waals surface area contributed by atoms with Crippen LogP contribution in [-0.2, 0) is 19.2 Å². The van der Waals surface area contributed by atoms with Gasteiger partial charge in [-0.15, -0.1) is 0 Å². The van der Waals surface area contributed by atoms with Crippen molar-refractivity contribution in [3.63, 3.8) is 0 Å². The van der Waals surface area contributed by atoms with Gasteiger partial charge in [-0.2, -0.15) is 12.6 Å². The zero-order valence-electron chi connectivity index (χ0n) is 16.3. The van der Waals surface area contributed by atoms with E-state index in [-0.39, 0.29) is 31.8 Å². The number of nitrogens with zero attached hydrogens (tertiary/aromatic N) is 3. The van der Waals surface area contributed by atoms with Crippen molar-refractivity contribution < 1.29 is 34.5 Å².